The fraction of sp³-hybridized carbons (Fsp3) is 0.167. The Balaban J connectivity index is 1.85. The van der Waals surface area contributed by atoms with Crippen LogP contribution in [-0.4, -0.2) is 21.2 Å². The van der Waals surface area contributed by atoms with E-state index in [9.17, 15) is 18.0 Å². The van der Waals surface area contributed by atoms with Gasteiger partial charge in [0.25, 0.3) is 5.91 Å². The number of nitrogens with zero attached hydrogens (tertiary/aromatic N) is 3. The van der Waals surface area contributed by atoms with Crippen molar-refractivity contribution in [1.29, 1.82) is 0 Å². The normalized spacial score (nSPS) is 12.4. The molecule has 1 N–H and O–H groups in total. The predicted molar refractivity (Wildman–Crippen MR) is 107 cm³/mol. The molecule has 0 fully saturated rings. The molecule has 1 heterocycles. The SMILES string of the molecule is CC(=NNC(=O)Cn1c(C(F)(F)F)nc2ccccc21)c1ccc(Cl)c(Cl)c1Cl. The summed E-state index contributed by atoms with van der Waals surface area (Å²) in [6, 6.07) is 9.09. The van der Waals surface area contributed by atoms with Crippen LogP contribution in [0.2, 0.25) is 15.1 Å². The van der Waals surface area contributed by atoms with Gasteiger partial charge in [-0.1, -0.05) is 53.0 Å². The maximum Gasteiger partial charge on any atom is 0.449 e. The third-order valence-electron chi connectivity index (χ3n) is 3.98. The first-order valence-electron chi connectivity index (χ1n) is 8.09. The van der Waals surface area contributed by atoms with Crippen LogP contribution >= 0.6 is 34.8 Å². The van der Waals surface area contributed by atoms with Crippen molar-refractivity contribution in [2.24, 2.45) is 5.10 Å². The fourth-order valence-electron chi connectivity index (χ4n) is 2.64. The molecule has 0 saturated heterocycles. The van der Waals surface area contributed by atoms with Crippen LogP contribution in [-0.2, 0) is 17.5 Å². The summed E-state index contributed by atoms with van der Waals surface area (Å²) >= 11 is 18.0. The Morgan fingerprint density at radius 2 is 1.83 bits per heavy atom. The van der Waals surface area contributed by atoms with E-state index in [1.807, 2.05) is 0 Å². The summed E-state index contributed by atoms with van der Waals surface area (Å²) in [5, 5.41) is 4.43. The number of benzene rings is 2. The average molecular weight is 464 g/mol. The van der Waals surface area contributed by atoms with Crippen molar-refractivity contribution in [3.8, 4) is 0 Å². The Labute approximate surface area is 178 Å². The fourth-order valence-corrected chi connectivity index (χ4v) is 3.31. The number of carbonyl (C=O) groups excluding carboxylic acids is 1. The van der Waals surface area contributed by atoms with Crippen LogP contribution in [0.1, 0.15) is 18.3 Å². The van der Waals surface area contributed by atoms with Crippen LogP contribution in [0.3, 0.4) is 0 Å². The number of imidazole rings is 1. The van der Waals surface area contributed by atoms with Gasteiger partial charge in [0.1, 0.15) is 6.54 Å². The lowest BCUT2D eigenvalue weighted by Crippen LogP contribution is -2.27. The molecule has 1 amide bonds. The summed E-state index contributed by atoms with van der Waals surface area (Å²) in [5.41, 5.74) is 3.26. The molecule has 0 bridgehead atoms. The van der Waals surface area contributed by atoms with Gasteiger partial charge in [0.2, 0.25) is 5.82 Å². The zero-order valence-corrected chi connectivity index (χ0v) is 17.0. The Morgan fingerprint density at radius 1 is 1.14 bits per heavy atom. The largest absolute Gasteiger partial charge is 0.449 e. The molecule has 0 aliphatic rings. The third-order valence-corrected chi connectivity index (χ3v) is 5.28. The predicted octanol–water partition coefficient (Wildman–Crippen LogP) is 5.56. The van der Waals surface area contributed by atoms with Crippen molar-refractivity contribution >= 4 is 57.5 Å². The zero-order valence-electron chi connectivity index (χ0n) is 14.7. The van der Waals surface area contributed by atoms with Gasteiger partial charge in [0.15, 0.2) is 0 Å². The van der Waals surface area contributed by atoms with Crippen LogP contribution in [0.25, 0.3) is 11.0 Å². The number of nitrogens with one attached hydrogen (secondary N) is 1. The molecular weight excluding hydrogens is 452 g/mol. The molecule has 3 aromatic rings. The standard InChI is InChI=1S/C18H12Cl3F3N4O/c1-9(10-6-7-11(19)16(21)15(10)20)26-27-14(29)8-28-13-5-3-2-4-12(13)25-17(28)18(22,23)24/h2-7H,8H2,1H3,(H,27,29). The van der Waals surface area contributed by atoms with Gasteiger partial charge in [-0.15, -0.1) is 0 Å². The summed E-state index contributed by atoms with van der Waals surface area (Å²) in [4.78, 5) is 15.8. The van der Waals surface area contributed by atoms with Crippen LogP contribution in [0.4, 0.5) is 13.2 Å². The molecule has 152 valence electrons. The monoisotopic (exact) mass is 462 g/mol. The second-order valence-electron chi connectivity index (χ2n) is 5.96. The van der Waals surface area contributed by atoms with Crippen molar-refractivity contribution in [2.75, 3.05) is 0 Å². The number of hydrogen-bond acceptors (Lipinski definition) is 3. The van der Waals surface area contributed by atoms with E-state index >= 15 is 0 Å². The quantitative estimate of drug-likeness (QED) is 0.313. The first kappa shape index (κ1) is 21.4. The van der Waals surface area contributed by atoms with Crippen LogP contribution < -0.4 is 5.43 Å². The van der Waals surface area contributed by atoms with E-state index in [2.05, 4.69) is 15.5 Å². The molecule has 1 aromatic heterocycles. The molecule has 0 saturated carbocycles. The van der Waals surface area contributed by atoms with Crippen molar-refractivity contribution in [3.63, 3.8) is 0 Å². The van der Waals surface area contributed by atoms with Gasteiger partial charge in [-0.05, 0) is 25.1 Å². The number of rotatable bonds is 4. The molecule has 0 radical (unpaired) electrons. The first-order valence-corrected chi connectivity index (χ1v) is 9.22. The maximum absolute atomic E-state index is 13.3. The minimum absolute atomic E-state index is 0.131. The molecule has 29 heavy (non-hydrogen) atoms. The van der Waals surface area contributed by atoms with Gasteiger partial charge in [-0.3, -0.25) is 4.79 Å². The molecule has 0 aliphatic carbocycles. The van der Waals surface area contributed by atoms with E-state index in [0.29, 0.717) is 11.3 Å². The van der Waals surface area contributed by atoms with Crippen LogP contribution in [0.5, 0.6) is 0 Å². The minimum Gasteiger partial charge on any atom is -0.311 e. The summed E-state index contributed by atoms with van der Waals surface area (Å²) in [7, 11) is 0. The van der Waals surface area contributed by atoms with Crippen molar-refractivity contribution in [3.05, 3.63) is 62.9 Å². The molecule has 0 spiro atoms. The van der Waals surface area contributed by atoms with Gasteiger partial charge in [0.05, 0.1) is 31.8 Å². The van der Waals surface area contributed by atoms with E-state index in [-0.39, 0.29) is 26.1 Å². The average Bonchev–Trinajstić information content (AvgIpc) is 3.03. The highest BCUT2D eigenvalue weighted by Gasteiger charge is 2.38. The lowest BCUT2D eigenvalue weighted by molar-refractivity contribution is -0.147. The zero-order chi connectivity index (χ0) is 21.3. The number of amides is 1. The second-order valence-corrected chi connectivity index (χ2v) is 7.13. The lowest BCUT2D eigenvalue weighted by atomic mass is 10.1. The maximum atomic E-state index is 13.3. The van der Waals surface area contributed by atoms with Crippen LogP contribution in [0.15, 0.2) is 41.5 Å². The van der Waals surface area contributed by atoms with E-state index in [1.54, 1.807) is 25.1 Å². The van der Waals surface area contributed by atoms with E-state index in [4.69, 9.17) is 34.8 Å². The lowest BCUT2D eigenvalue weighted by Gasteiger charge is -2.11. The number of halogens is 6. The van der Waals surface area contributed by atoms with Gasteiger partial charge < -0.3 is 4.57 Å². The molecule has 2 aromatic carbocycles. The molecule has 5 nitrogen and oxygen atoms in total. The van der Waals surface area contributed by atoms with Crippen molar-refractivity contribution in [2.45, 2.75) is 19.6 Å². The van der Waals surface area contributed by atoms with Crippen molar-refractivity contribution < 1.29 is 18.0 Å². The number of fused-ring (bicyclic) bond motifs is 1. The molecule has 11 heteroatoms. The third kappa shape index (κ3) is 4.49. The van der Waals surface area contributed by atoms with Gasteiger partial charge in [-0.25, -0.2) is 10.4 Å². The Hall–Kier alpha value is -2.29. The summed E-state index contributed by atoms with van der Waals surface area (Å²) < 4.78 is 40.7. The number of hydrogen-bond donors (Lipinski definition) is 1. The molecular formula is C18H12Cl3F3N4O. The van der Waals surface area contributed by atoms with E-state index in [0.717, 1.165) is 4.57 Å². The van der Waals surface area contributed by atoms with Crippen molar-refractivity contribution in [1.82, 2.24) is 15.0 Å². The highest BCUT2D eigenvalue weighted by atomic mass is 35.5. The minimum atomic E-state index is -4.72. The summed E-state index contributed by atoms with van der Waals surface area (Å²) in [6.45, 7) is 0.931. The number of alkyl halides is 3. The smallest absolute Gasteiger partial charge is 0.311 e. The van der Waals surface area contributed by atoms with E-state index < -0.39 is 24.5 Å². The summed E-state index contributed by atoms with van der Waals surface area (Å²) in [6.07, 6.45) is -4.72. The second kappa shape index (κ2) is 8.22. The molecule has 3 rings (SSSR count). The van der Waals surface area contributed by atoms with Gasteiger partial charge in [0, 0.05) is 5.56 Å². The van der Waals surface area contributed by atoms with Crippen LogP contribution in [0, 0.1) is 0 Å². The number of carbonyl (C=O) groups is 1. The first-order chi connectivity index (χ1) is 13.6. The topological polar surface area (TPSA) is 59.3 Å². The molecule has 0 atom stereocenters. The molecule has 0 aliphatic heterocycles. The van der Waals surface area contributed by atoms with Gasteiger partial charge >= 0.3 is 6.18 Å². The number of para-hydroxylation sites is 2. The molecule has 0 unspecified atom stereocenters. The Morgan fingerprint density at radius 3 is 2.52 bits per heavy atom. The Kier molecular flexibility index (Phi) is 6.07. The number of aromatic nitrogens is 2. The highest BCUT2D eigenvalue weighted by molar-refractivity contribution is 6.49. The number of hydrazone groups is 1. The van der Waals surface area contributed by atoms with E-state index in [1.165, 1.54) is 18.2 Å². The Bertz CT molecular complexity index is 1130. The summed E-state index contributed by atoms with van der Waals surface area (Å²) in [5.74, 6) is -1.93. The van der Waals surface area contributed by atoms with Gasteiger partial charge in [-0.2, -0.15) is 18.3 Å². The highest BCUT2D eigenvalue weighted by Crippen LogP contribution is 2.33.